The normalized spacial score (nSPS) is 9.69. The quantitative estimate of drug-likeness (QED) is 0.312. The van der Waals surface area contributed by atoms with Crippen molar-refractivity contribution in [3.63, 3.8) is 0 Å². The van der Waals surface area contributed by atoms with Crippen LogP contribution in [0, 0.1) is 0 Å². The van der Waals surface area contributed by atoms with Crippen LogP contribution >= 0.6 is 0 Å². The minimum atomic E-state index is 0. The SMILES string of the molecule is CCCCCCCCCCC[S-].[Na+]. The van der Waals surface area contributed by atoms with Gasteiger partial charge in [0.1, 0.15) is 0 Å². The van der Waals surface area contributed by atoms with E-state index in [1.807, 2.05) is 0 Å². The summed E-state index contributed by atoms with van der Waals surface area (Å²) in [6.45, 7) is 2.27. The molecule has 13 heavy (non-hydrogen) atoms. The smallest absolute Gasteiger partial charge is 0.793 e. The Morgan fingerprint density at radius 2 is 1.08 bits per heavy atom. The summed E-state index contributed by atoms with van der Waals surface area (Å²) >= 11 is 4.89. The Morgan fingerprint density at radius 1 is 0.692 bits per heavy atom. The maximum Gasteiger partial charge on any atom is 1.00 e. The molecule has 0 saturated heterocycles. The van der Waals surface area contributed by atoms with Crippen molar-refractivity contribution in [3.05, 3.63) is 0 Å². The molecule has 0 saturated carbocycles. The van der Waals surface area contributed by atoms with Gasteiger partial charge in [0.15, 0.2) is 0 Å². The second-order valence-corrected chi connectivity index (χ2v) is 3.94. The third-order valence-electron chi connectivity index (χ3n) is 2.25. The first kappa shape index (κ1) is 16.8. The van der Waals surface area contributed by atoms with Gasteiger partial charge in [-0.25, -0.2) is 0 Å². The monoisotopic (exact) mass is 210 g/mol. The minimum Gasteiger partial charge on any atom is -0.793 e. The topological polar surface area (TPSA) is 0 Å². The van der Waals surface area contributed by atoms with Crippen LogP contribution in [-0.4, -0.2) is 5.75 Å². The Labute approximate surface area is 112 Å². The molecule has 0 amide bonds. The molecule has 0 aliphatic rings. The minimum absolute atomic E-state index is 0. The van der Waals surface area contributed by atoms with Gasteiger partial charge in [-0.05, 0) is 0 Å². The van der Waals surface area contributed by atoms with E-state index < -0.39 is 0 Å². The zero-order chi connectivity index (χ0) is 9.07. The molecule has 0 spiro atoms. The average Bonchev–Trinajstić information content (AvgIpc) is 2.10. The van der Waals surface area contributed by atoms with Crippen LogP contribution < -0.4 is 29.6 Å². The third kappa shape index (κ3) is 16.1. The van der Waals surface area contributed by atoms with Crippen molar-refractivity contribution in [2.45, 2.75) is 64.7 Å². The van der Waals surface area contributed by atoms with Crippen LogP contribution in [0.2, 0.25) is 0 Å². The molecule has 0 unspecified atom stereocenters. The van der Waals surface area contributed by atoms with E-state index in [4.69, 9.17) is 12.6 Å². The fraction of sp³-hybridized carbons (Fsp3) is 1.00. The summed E-state index contributed by atoms with van der Waals surface area (Å²) in [5.74, 6) is 0.954. The molecule has 0 aromatic carbocycles. The van der Waals surface area contributed by atoms with Crippen molar-refractivity contribution in [3.8, 4) is 0 Å². The van der Waals surface area contributed by atoms with Gasteiger partial charge in [-0.2, -0.15) is 5.75 Å². The predicted octanol–water partition coefficient (Wildman–Crippen LogP) is 1.07. The molecule has 0 atom stereocenters. The zero-order valence-corrected chi connectivity index (χ0v) is 12.3. The maximum atomic E-state index is 4.89. The summed E-state index contributed by atoms with van der Waals surface area (Å²) in [5.41, 5.74) is 0. The summed E-state index contributed by atoms with van der Waals surface area (Å²) in [5, 5.41) is 0. The first-order valence-corrected chi connectivity index (χ1v) is 6.07. The fourth-order valence-electron chi connectivity index (χ4n) is 1.41. The van der Waals surface area contributed by atoms with Crippen molar-refractivity contribution in [1.82, 2.24) is 0 Å². The Hall–Kier alpha value is 1.35. The summed E-state index contributed by atoms with van der Waals surface area (Å²) < 4.78 is 0. The third-order valence-corrected chi connectivity index (χ3v) is 2.54. The van der Waals surface area contributed by atoms with E-state index in [-0.39, 0.29) is 29.6 Å². The van der Waals surface area contributed by atoms with Crippen molar-refractivity contribution >= 4 is 12.6 Å². The molecule has 0 radical (unpaired) electrons. The second kappa shape index (κ2) is 15.8. The van der Waals surface area contributed by atoms with Crippen LogP contribution in [0.25, 0.3) is 0 Å². The van der Waals surface area contributed by atoms with E-state index in [1.165, 1.54) is 57.8 Å². The van der Waals surface area contributed by atoms with Crippen LogP contribution in [0.15, 0.2) is 0 Å². The van der Waals surface area contributed by atoms with Gasteiger partial charge in [0.05, 0.1) is 0 Å². The first-order chi connectivity index (χ1) is 5.91. The summed E-state index contributed by atoms with van der Waals surface area (Å²) in [6.07, 6.45) is 12.6. The van der Waals surface area contributed by atoms with E-state index in [0.29, 0.717) is 0 Å². The molecule has 0 bridgehead atoms. The Bertz CT molecular complexity index is 66.5. The van der Waals surface area contributed by atoms with Gasteiger partial charge in [0.25, 0.3) is 0 Å². The van der Waals surface area contributed by atoms with Crippen molar-refractivity contribution in [2.24, 2.45) is 0 Å². The van der Waals surface area contributed by atoms with Crippen LogP contribution in [-0.2, 0) is 12.6 Å². The standard InChI is InChI=1S/C11H24S.Na/c1-2-3-4-5-6-7-8-9-10-11-12;/h12H,2-11H2,1H3;/q;+1/p-1. The van der Waals surface area contributed by atoms with Crippen LogP contribution in [0.1, 0.15) is 64.7 Å². The number of hydrogen-bond acceptors (Lipinski definition) is 1. The van der Waals surface area contributed by atoms with Crippen LogP contribution in [0.5, 0.6) is 0 Å². The van der Waals surface area contributed by atoms with Crippen LogP contribution in [0.4, 0.5) is 0 Å². The largest absolute Gasteiger partial charge is 1.00 e. The molecule has 0 rings (SSSR count). The molecule has 0 heterocycles. The Morgan fingerprint density at radius 3 is 1.46 bits per heavy atom. The molecule has 0 aliphatic carbocycles. The molecule has 0 aliphatic heterocycles. The van der Waals surface area contributed by atoms with Gasteiger partial charge in [0.2, 0.25) is 0 Å². The summed E-state index contributed by atoms with van der Waals surface area (Å²) in [6, 6.07) is 0. The molecular formula is C11H23NaS. The van der Waals surface area contributed by atoms with Crippen molar-refractivity contribution in [2.75, 3.05) is 5.75 Å². The number of hydrogen-bond donors (Lipinski definition) is 0. The Balaban J connectivity index is 0. The van der Waals surface area contributed by atoms with Gasteiger partial charge in [-0.15, -0.1) is 0 Å². The Kier molecular flexibility index (Phi) is 20.4. The van der Waals surface area contributed by atoms with E-state index in [0.717, 1.165) is 5.75 Å². The molecule has 0 aromatic heterocycles. The molecule has 0 fully saturated rings. The van der Waals surface area contributed by atoms with E-state index in [2.05, 4.69) is 6.92 Å². The van der Waals surface area contributed by atoms with Gasteiger partial charge in [0, 0.05) is 0 Å². The molecule has 0 nitrogen and oxygen atoms in total. The average molecular weight is 210 g/mol. The fourth-order valence-corrected chi connectivity index (χ4v) is 1.62. The van der Waals surface area contributed by atoms with Gasteiger partial charge in [-0.1, -0.05) is 64.7 Å². The van der Waals surface area contributed by atoms with E-state index in [9.17, 15) is 0 Å². The predicted molar refractivity (Wildman–Crippen MR) is 59.5 cm³/mol. The maximum absolute atomic E-state index is 4.89. The van der Waals surface area contributed by atoms with Crippen molar-refractivity contribution < 1.29 is 29.6 Å². The van der Waals surface area contributed by atoms with Crippen molar-refractivity contribution in [1.29, 1.82) is 0 Å². The van der Waals surface area contributed by atoms with Gasteiger partial charge >= 0.3 is 29.6 Å². The van der Waals surface area contributed by atoms with E-state index >= 15 is 0 Å². The van der Waals surface area contributed by atoms with E-state index in [1.54, 1.807) is 0 Å². The first-order valence-electron chi connectivity index (χ1n) is 5.50. The zero-order valence-electron chi connectivity index (χ0n) is 9.48. The van der Waals surface area contributed by atoms with Gasteiger partial charge < -0.3 is 12.6 Å². The molecule has 0 N–H and O–H groups in total. The molecular weight excluding hydrogens is 187 g/mol. The second-order valence-electron chi connectivity index (χ2n) is 3.53. The molecule has 2 heteroatoms. The summed E-state index contributed by atoms with van der Waals surface area (Å²) in [4.78, 5) is 0. The summed E-state index contributed by atoms with van der Waals surface area (Å²) in [7, 11) is 0. The van der Waals surface area contributed by atoms with Gasteiger partial charge in [-0.3, -0.25) is 0 Å². The van der Waals surface area contributed by atoms with Crippen LogP contribution in [0.3, 0.4) is 0 Å². The molecule has 74 valence electrons. The molecule has 0 aromatic rings. The number of rotatable bonds is 9. The number of unbranched alkanes of at least 4 members (excludes halogenated alkanes) is 8.